The fraction of sp³-hybridized carbons (Fsp3) is 0.350. The molecule has 0 heterocycles. The van der Waals surface area contributed by atoms with Crippen LogP contribution in [0.25, 0.3) is 0 Å². The number of benzene rings is 1. The molecule has 0 spiro atoms. The second kappa shape index (κ2) is 9.68. The van der Waals surface area contributed by atoms with Crippen molar-refractivity contribution in [2.75, 3.05) is 6.61 Å². The van der Waals surface area contributed by atoms with E-state index in [0.717, 1.165) is 0 Å². The van der Waals surface area contributed by atoms with Crippen molar-refractivity contribution < 1.29 is 24.6 Å². The molecule has 0 saturated carbocycles. The molecule has 3 N–H and O–H groups in total. The van der Waals surface area contributed by atoms with Crippen LogP contribution in [0.4, 0.5) is 4.79 Å². The molecule has 0 aliphatic heterocycles. The van der Waals surface area contributed by atoms with Gasteiger partial charge in [0.15, 0.2) is 12.1 Å². The van der Waals surface area contributed by atoms with E-state index in [4.69, 9.17) is 0 Å². The van der Waals surface area contributed by atoms with E-state index in [9.17, 15) is 24.6 Å². The monoisotopic (exact) mass is 359 g/mol. The molecule has 0 aliphatic carbocycles. The summed E-state index contributed by atoms with van der Waals surface area (Å²) < 4.78 is 0. The fourth-order valence-corrected chi connectivity index (χ4v) is 2.60. The minimum absolute atomic E-state index is 0.0244. The molecular formula is C20H25NO5. The standard InChI is InChI=1S/C20H25NO5/c1-14(12-22)16(11-18(24)13-23)10-9-15(2)20(3,21-19(25)26)17-7-5-4-6-8-17/h4-10,13-14,16,21-22H,2,11-12H2,1,3H3,(H,25,26)/b10-9-. The molecule has 3 unspecified atom stereocenters. The maximum atomic E-state index is 11.5. The molecule has 3 atom stereocenters. The van der Waals surface area contributed by atoms with Gasteiger partial charge in [-0.15, -0.1) is 0 Å². The Morgan fingerprint density at radius 2 is 1.92 bits per heavy atom. The topological polar surface area (TPSA) is 104 Å². The van der Waals surface area contributed by atoms with Crippen LogP contribution in [0.1, 0.15) is 25.8 Å². The summed E-state index contributed by atoms with van der Waals surface area (Å²) in [5.41, 5.74) is 0.123. The number of Topliss-reactive ketones (excluding diaryl/α,β-unsaturated/α-hetero) is 1. The first-order valence-corrected chi connectivity index (χ1v) is 8.27. The highest BCUT2D eigenvalue weighted by Crippen LogP contribution is 2.30. The average molecular weight is 359 g/mol. The predicted octanol–water partition coefficient (Wildman–Crippen LogP) is 2.68. The van der Waals surface area contributed by atoms with Gasteiger partial charge in [-0.05, 0) is 29.9 Å². The van der Waals surface area contributed by atoms with Gasteiger partial charge in [0.2, 0.25) is 0 Å². The van der Waals surface area contributed by atoms with Gasteiger partial charge < -0.3 is 15.5 Å². The summed E-state index contributed by atoms with van der Waals surface area (Å²) in [5, 5.41) is 21.1. The van der Waals surface area contributed by atoms with Gasteiger partial charge in [0, 0.05) is 13.0 Å². The maximum absolute atomic E-state index is 11.5. The number of nitrogens with one attached hydrogen (secondary N) is 1. The molecule has 1 rings (SSSR count). The first-order valence-electron chi connectivity index (χ1n) is 8.27. The van der Waals surface area contributed by atoms with E-state index in [1.165, 1.54) is 0 Å². The fourth-order valence-electron chi connectivity index (χ4n) is 2.60. The van der Waals surface area contributed by atoms with E-state index < -0.39 is 17.4 Å². The lowest BCUT2D eigenvalue weighted by molar-refractivity contribution is -0.130. The molecule has 1 aromatic rings. The van der Waals surface area contributed by atoms with Gasteiger partial charge in [0.05, 0.1) is 5.54 Å². The van der Waals surface area contributed by atoms with E-state index in [2.05, 4.69) is 11.9 Å². The van der Waals surface area contributed by atoms with Crippen LogP contribution >= 0.6 is 0 Å². The first-order chi connectivity index (χ1) is 12.2. The number of ketones is 1. The van der Waals surface area contributed by atoms with Crippen LogP contribution in [-0.4, -0.2) is 35.0 Å². The number of aldehydes is 1. The Morgan fingerprint density at radius 1 is 1.31 bits per heavy atom. The molecule has 0 saturated heterocycles. The molecule has 26 heavy (non-hydrogen) atoms. The molecular weight excluding hydrogens is 334 g/mol. The van der Waals surface area contributed by atoms with E-state index in [1.807, 2.05) is 6.07 Å². The normalized spacial score (nSPS) is 15.7. The number of carboxylic acid groups (broad SMARTS) is 1. The van der Waals surface area contributed by atoms with Gasteiger partial charge in [0.1, 0.15) is 0 Å². The zero-order chi connectivity index (χ0) is 19.7. The molecule has 140 valence electrons. The summed E-state index contributed by atoms with van der Waals surface area (Å²) in [4.78, 5) is 33.4. The number of hydrogen-bond donors (Lipinski definition) is 3. The smallest absolute Gasteiger partial charge is 0.405 e. The van der Waals surface area contributed by atoms with Gasteiger partial charge in [-0.2, -0.15) is 0 Å². The molecule has 0 aliphatic rings. The lowest BCUT2D eigenvalue weighted by Crippen LogP contribution is -2.43. The highest BCUT2D eigenvalue weighted by atomic mass is 16.4. The minimum Gasteiger partial charge on any atom is -0.465 e. The van der Waals surface area contributed by atoms with Crippen molar-refractivity contribution in [3.8, 4) is 0 Å². The van der Waals surface area contributed by atoms with Crippen molar-refractivity contribution in [3.05, 3.63) is 60.2 Å². The molecule has 1 aromatic carbocycles. The van der Waals surface area contributed by atoms with Gasteiger partial charge in [-0.3, -0.25) is 9.59 Å². The van der Waals surface area contributed by atoms with Crippen LogP contribution in [0.15, 0.2) is 54.6 Å². The highest BCUT2D eigenvalue weighted by molar-refractivity contribution is 6.25. The number of hydrogen-bond acceptors (Lipinski definition) is 4. The minimum atomic E-state index is -1.19. The lowest BCUT2D eigenvalue weighted by atomic mass is 9.83. The molecule has 6 heteroatoms. The second-order valence-electron chi connectivity index (χ2n) is 6.42. The van der Waals surface area contributed by atoms with E-state index in [0.29, 0.717) is 11.1 Å². The van der Waals surface area contributed by atoms with Gasteiger partial charge >= 0.3 is 6.09 Å². The van der Waals surface area contributed by atoms with Gasteiger partial charge in [-0.1, -0.05) is 56.0 Å². The Hall–Kier alpha value is -2.73. The van der Waals surface area contributed by atoms with Gasteiger partial charge in [0.25, 0.3) is 0 Å². The van der Waals surface area contributed by atoms with Crippen molar-refractivity contribution in [1.29, 1.82) is 0 Å². The highest BCUT2D eigenvalue weighted by Gasteiger charge is 2.30. The number of carbonyl (C=O) groups excluding carboxylic acids is 2. The summed E-state index contributed by atoms with van der Waals surface area (Å²) in [7, 11) is 0. The molecule has 6 nitrogen and oxygen atoms in total. The van der Waals surface area contributed by atoms with Crippen molar-refractivity contribution in [2.45, 2.75) is 25.8 Å². The Kier molecular flexibility index (Phi) is 7.93. The van der Waals surface area contributed by atoms with Crippen LogP contribution in [0.2, 0.25) is 0 Å². The van der Waals surface area contributed by atoms with Crippen molar-refractivity contribution in [3.63, 3.8) is 0 Å². The van der Waals surface area contributed by atoms with E-state index >= 15 is 0 Å². The summed E-state index contributed by atoms with van der Waals surface area (Å²) in [5.74, 6) is -1.15. The largest absolute Gasteiger partial charge is 0.465 e. The molecule has 0 radical (unpaired) electrons. The molecule has 0 fully saturated rings. The number of aliphatic hydroxyl groups excluding tert-OH is 1. The van der Waals surface area contributed by atoms with Crippen LogP contribution in [0, 0.1) is 11.8 Å². The number of allylic oxidation sites excluding steroid dienone is 1. The van der Waals surface area contributed by atoms with Crippen LogP contribution < -0.4 is 5.32 Å². The van der Waals surface area contributed by atoms with Crippen molar-refractivity contribution in [2.24, 2.45) is 11.8 Å². The summed E-state index contributed by atoms with van der Waals surface area (Å²) >= 11 is 0. The number of carbonyl (C=O) groups is 3. The number of rotatable bonds is 10. The number of amides is 1. The quantitative estimate of drug-likeness (QED) is 0.338. The number of aliphatic hydroxyl groups is 1. The van der Waals surface area contributed by atoms with E-state index in [-0.39, 0.29) is 31.1 Å². The third kappa shape index (κ3) is 5.67. The summed E-state index contributed by atoms with van der Waals surface area (Å²) in [6, 6.07) is 9.01. The van der Waals surface area contributed by atoms with Crippen LogP contribution in [0.5, 0.6) is 0 Å². The second-order valence-corrected chi connectivity index (χ2v) is 6.42. The molecule has 0 aromatic heterocycles. The summed E-state index contributed by atoms with van der Waals surface area (Å²) in [6.45, 7) is 7.31. The lowest BCUT2D eigenvalue weighted by Gasteiger charge is -2.31. The predicted molar refractivity (Wildman–Crippen MR) is 98.7 cm³/mol. The average Bonchev–Trinajstić information content (AvgIpc) is 2.63. The Morgan fingerprint density at radius 3 is 2.42 bits per heavy atom. The third-order valence-electron chi connectivity index (χ3n) is 4.48. The maximum Gasteiger partial charge on any atom is 0.405 e. The van der Waals surface area contributed by atoms with Crippen LogP contribution in [0.3, 0.4) is 0 Å². The van der Waals surface area contributed by atoms with Crippen molar-refractivity contribution >= 4 is 18.2 Å². The van der Waals surface area contributed by atoms with E-state index in [1.54, 1.807) is 50.3 Å². The van der Waals surface area contributed by atoms with Crippen LogP contribution in [-0.2, 0) is 15.1 Å². The Labute approximate surface area is 153 Å². The summed E-state index contributed by atoms with van der Waals surface area (Å²) in [6.07, 6.45) is 2.37. The molecule has 0 bridgehead atoms. The first kappa shape index (κ1) is 21.3. The van der Waals surface area contributed by atoms with Gasteiger partial charge in [-0.25, -0.2) is 4.79 Å². The zero-order valence-electron chi connectivity index (χ0n) is 15.0. The SMILES string of the molecule is C=C(/C=C\C(CC(=O)C=O)C(C)CO)C(C)(NC(=O)O)c1ccccc1. The van der Waals surface area contributed by atoms with Crippen molar-refractivity contribution in [1.82, 2.24) is 5.32 Å². The Bertz CT molecular complexity index is 683. The third-order valence-corrected chi connectivity index (χ3v) is 4.48. The zero-order valence-corrected chi connectivity index (χ0v) is 15.0. The molecule has 1 amide bonds. The Balaban J connectivity index is 3.13.